The zero-order valence-electron chi connectivity index (χ0n) is 10.4. The van der Waals surface area contributed by atoms with E-state index in [0.717, 1.165) is 19.3 Å². The van der Waals surface area contributed by atoms with Crippen molar-refractivity contribution in [3.05, 3.63) is 0 Å². The Morgan fingerprint density at radius 3 is 2.47 bits per heavy atom. The lowest BCUT2D eigenvalue weighted by molar-refractivity contribution is -0.126. The highest BCUT2D eigenvalue weighted by atomic mass is 16.5. The van der Waals surface area contributed by atoms with Gasteiger partial charge in [0.15, 0.2) is 0 Å². The predicted molar refractivity (Wildman–Crippen MR) is 61.9 cm³/mol. The molecule has 1 rings (SSSR count). The van der Waals surface area contributed by atoms with Gasteiger partial charge in [-0.25, -0.2) is 0 Å². The van der Waals surface area contributed by atoms with Crippen LogP contribution in [0.15, 0.2) is 0 Å². The monoisotopic (exact) mass is 215 g/mol. The molecule has 0 spiro atoms. The average molecular weight is 215 g/mol. The van der Waals surface area contributed by atoms with Crippen LogP contribution in [0.2, 0.25) is 0 Å². The number of aliphatic hydroxyl groups is 1. The van der Waals surface area contributed by atoms with Gasteiger partial charge in [0, 0.05) is 24.6 Å². The zero-order valence-corrected chi connectivity index (χ0v) is 10.4. The van der Waals surface area contributed by atoms with Crippen molar-refractivity contribution < 1.29 is 9.84 Å². The summed E-state index contributed by atoms with van der Waals surface area (Å²) in [6.07, 6.45) is 3.73. The van der Waals surface area contributed by atoms with Gasteiger partial charge >= 0.3 is 0 Å². The smallest absolute Gasteiger partial charge is 0.0657 e. The van der Waals surface area contributed by atoms with E-state index in [2.05, 4.69) is 19.2 Å². The molecule has 3 atom stereocenters. The molecule has 15 heavy (non-hydrogen) atoms. The van der Waals surface area contributed by atoms with Crippen LogP contribution in [0, 0.1) is 5.41 Å². The number of nitrogens with one attached hydrogen (secondary N) is 1. The maximum absolute atomic E-state index is 9.05. The van der Waals surface area contributed by atoms with E-state index in [4.69, 9.17) is 9.84 Å². The third-order valence-corrected chi connectivity index (χ3v) is 4.15. The molecule has 1 aliphatic rings. The molecule has 0 amide bonds. The standard InChI is InChI=1S/C12H25NO2/c1-5-12(6-2)10(7-11(12)15-4)13-9(3)8-14/h9-11,13-14H,5-8H2,1-4H3/t9-,10-,11-/m0/s1. The molecule has 1 saturated carbocycles. The molecular formula is C12H25NO2. The normalized spacial score (nSPS) is 31.0. The SMILES string of the molecule is CCC1(CC)[C@@H](N[C@@H](C)CO)C[C@@H]1OC. The van der Waals surface area contributed by atoms with Gasteiger partial charge in [-0.05, 0) is 26.2 Å². The lowest BCUT2D eigenvalue weighted by atomic mass is 9.58. The minimum Gasteiger partial charge on any atom is -0.395 e. The number of hydrogen-bond acceptors (Lipinski definition) is 3. The summed E-state index contributed by atoms with van der Waals surface area (Å²) < 4.78 is 5.53. The molecule has 0 aromatic rings. The molecule has 3 nitrogen and oxygen atoms in total. The molecule has 1 aliphatic carbocycles. The molecule has 90 valence electrons. The average Bonchev–Trinajstić information content (AvgIpc) is 2.25. The molecule has 0 aromatic heterocycles. The summed E-state index contributed by atoms with van der Waals surface area (Å²) in [5, 5.41) is 12.5. The minimum atomic E-state index is 0.185. The second kappa shape index (κ2) is 5.28. The number of hydrogen-bond donors (Lipinski definition) is 2. The van der Waals surface area contributed by atoms with Crippen molar-refractivity contribution in [3.63, 3.8) is 0 Å². The number of ether oxygens (including phenoxy) is 1. The molecule has 0 heterocycles. The molecule has 2 N–H and O–H groups in total. The van der Waals surface area contributed by atoms with Crippen molar-refractivity contribution in [1.29, 1.82) is 0 Å². The van der Waals surface area contributed by atoms with Crippen molar-refractivity contribution in [3.8, 4) is 0 Å². The van der Waals surface area contributed by atoms with Crippen molar-refractivity contribution in [2.45, 2.75) is 58.2 Å². The molecule has 1 fully saturated rings. The number of methoxy groups -OCH3 is 1. The van der Waals surface area contributed by atoms with Crippen LogP contribution in [0.5, 0.6) is 0 Å². The summed E-state index contributed by atoms with van der Waals surface area (Å²) in [6, 6.07) is 0.685. The second-order valence-corrected chi connectivity index (χ2v) is 4.70. The Kier molecular flexibility index (Phi) is 4.56. The molecule has 3 heteroatoms. The first-order chi connectivity index (χ1) is 7.14. The highest BCUT2D eigenvalue weighted by Crippen LogP contribution is 2.48. The Bertz CT molecular complexity index is 192. The van der Waals surface area contributed by atoms with Gasteiger partial charge in [0.2, 0.25) is 0 Å². The zero-order chi connectivity index (χ0) is 11.5. The third-order valence-electron chi connectivity index (χ3n) is 4.15. The van der Waals surface area contributed by atoms with E-state index < -0.39 is 0 Å². The Morgan fingerprint density at radius 1 is 1.47 bits per heavy atom. The van der Waals surface area contributed by atoms with Gasteiger partial charge in [0.25, 0.3) is 0 Å². The van der Waals surface area contributed by atoms with Gasteiger partial charge in [0.1, 0.15) is 0 Å². The van der Waals surface area contributed by atoms with Crippen LogP contribution >= 0.6 is 0 Å². The van der Waals surface area contributed by atoms with E-state index in [-0.39, 0.29) is 18.1 Å². The van der Waals surface area contributed by atoms with E-state index in [1.54, 1.807) is 7.11 Å². The van der Waals surface area contributed by atoms with Gasteiger partial charge in [-0.15, -0.1) is 0 Å². The van der Waals surface area contributed by atoms with Crippen LogP contribution in [0.25, 0.3) is 0 Å². The highest BCUT2D eigenvalue weighted by molar-refractivity contribution is 5.07. The summed E-state index contributed by atoms with van der Waals surface area (Å²) in [7, 11) is 1.80. The lowest BCUT2D eigenvalue weighted by Gasteiger charge is -2.56. The van der Waals surface area contributed by atoms with E-state index in [9.17, 15) is 0 Å². The molecule has 0 aromatic carbocycles. The molecule has 0 aliphatic heterocycles. The molecule has 0 radical (unpaired) electrons. The fraction of sp³-hybridized carbons (Fsp3) is 1.00. The number of aliphatic hydroxyl groups excluding tert-OH is 1. The Hall–Kier alpha value is -0.120. The second-order valence-electron chi connectivity index (χ2n) is 4.70. The fourth-order valence-corrected chi connectivity index (χ4v) is 2.91. The molecule has 0 bridgehead atoms. The van der Waals surface area contributed by atoms with Crippen LogP contribution in [0.3, 0.4) is 0 Å². The lowest BCUT2D eigenvalue weighted by Crippen LogP contribution is -2.64. The first-order valence-electron chi connectivity index (χ1n) is 6.04. The van der Waals surface area contributed by atoms with E-state index in [0.29, 0.717) is 12.1 Å². The Balaban J connectivity index is 2.60. The summed E-state index contributed by atoms with van der Waals surface area (Å²) in [5.74, 6) is 0. The van der Waals surface area contributed by atoms with Crippen LogP contribution in [-0.4, -0.2) is 37.0 Å². The quantitative estimate of drug-likeness (QED) is 0.706. The summed E-state index contributed by atoms with van der Waals surface area (Å²) in [4.78, 5) is 0. The largest absolute Gasteiger partial charge is 0.395 e. The maximum atomic E-state index is 9.05. The predicted octanol–water partition coefficient (Wildman–Crippen LogP) is 1.55. The molecular weight excluding hydrogens is 190 g/mol. The van der Waals surface area contributed by atoms with Crippen LogP contribution in [0.4, 0.5) is 0 Å². The minimum absolute atomic E-state index is 0.185. The summed E-state index contributed by atoms with van der Waals surface area (Å²) in [5.41, 5.74) is 0.276. The highest BCUT2D eigenvalue weighted by Gasteiger charge is 2.52. The molecule has 0 unspecified atom stereocenters. The van der Waals surface area contributed by atoms with Crippen LogP contribution < -0.4 is 5.32 Å². The van der Waals surface area contributed by atoms with Gasteiger partial charge < -0.3 is 15.2 Å². The van der Waals surface area contributed by atoms with Gasteiger partial charge in [-0.3, -0.25) is 0 Å². The number of rotatable bonds is 6. The van der Waals surface area contributed by atoms with Gasteiger partial charge in [-0.2, -0.15) is 0 Å². The van der Waals surface area contributed by atoms with Crippen molar-refractivity contribution in [2.24, 2.45) is 5.41 Å². The summed E-state index contributed by atoms with van der Waals surface area (Å²) in [6.45, 7) is 6.69. The van der Waals surface area contributed by atoms with Crippen molar-refractivity contribution in [2.75, 3.05) is 13.7 Å². The topological polar surface area (TPSA) is 41.5 Å². The van der Waals surface area contributed by atoms with Crippen LogP contribution in [0.1, 0.15) is 40.0 Å². The van der Waals surface area contributed by atoms with Gasteiger partial charge in [0.05, 0.1) is 12.7 Å². The fourth-order valence-electron chi connectivity index (χ4n) is 2.91. The van der Waals surface area contributed by atoms with Crippen molar-refractivity contribution in [1.82, 2.24) is 5.32 Å². The van der Waals surface area contributed by atoms with Gasteiger partial charge in [-0.1, -0.05) is 13.8 Å². The van der Waals surface area contributed by atoms with E-state index in [1.807, 2.05) is 6.92 Å². The van der Waals surface area contributed by atoms with Crippen molar-refractivity contribution >= 4 is 0 Å². The maximum Gasteiger partial charge on any atom is 0.0657 e. The third kappa shape index (κ3) is 2.19. The van der Waals surface area contributed by atoms with Crippen LogP contribution in [-0.2, 0) is 4.74 Å². The van der Waals surface area contributed by atoms with E-state index >= 15 is 0 Å². The molecule has 0 saturated heterocycles. The summed E-state index contributed by atoms with van der Waals surface area (Å²) >= 11 is 0. The Labute approximate surface area is 93.2 Å². The van der Waals surface area contributed by atoms with E-state index in [1.165, 1.54) is 0 Å². The Morgan fingerprint density at radius 2 is 2.07 bits per heavy atom. The first kappa shape index (κ1) is 12.9. The first-order valence-corrected chi connectivity index (χ1v) is 6.04.